The Bertz CT molecular complexity index is 325. The second-order valence-corrected chi connectivity index (χ2v) is 8.17. The number of unbranched alkanes of at least 4 members (excludes halogenated alkanes) is 1. The molecule has 16 heavy (non-hydrogen) atoms. The monoisotopic (exact) mass is 273 g/mol. The first-order valence-corrected chi connectivity index (χ1v) is 8.55. The van der Waals surface area contributed by atoms with E-state index in [0.29, 0.717) is 19.4 Å². The van der Waals surface area contributed by atoms with E-state index in [9.17, 15) is 18.8 Å². The molecule has 0 radical (unpaired) electrons. The SMILES string of the molecule is CC(=O)NCCCCP(=O)(O)CP(=O)(O)O. The molecular weight excluding hydrogens is 256 g/mol. The molecule has 4 N–H and O–H groups in total. The van der Waals surface area contributed by atoms with Gasteiger partial charge >= 0.3 is 7.60 Å². The first-order valence-electron chi connectivity index (χ1n) is 4.72. The zero-order valence-electron chi connectivity index (χ0n) is 9.00. The third kappa shape index (κ3) is 10.3. The van der Waals surface area contributed by atoms with Crippen LogP contribution in [0.5, 0.6) is 0 Å². The van der Waals surface area contributed by atoms with Crippen LogP contribution in [-0.2, 0) is 13.9 Å². The molecule has 0 heterocycles. The van der Waals surface area contributed by atoms with E-state index in [1.807, 2.05) is 0 Å². The van der Waals surface area contributed by atoms with E-state index in [-0.39, 0.29) is 12.1 Å². The summed E-state index contributed by atoms with van der Waals surface area (Å²) < 4.78 is 21.8. The van der Waals surface area contributed by atoms with Gasteiger partial charge in [0.2, 0.25) is 13.3 Å². The molecule has 0 bridgehead atoms. The summed E-state index contributed by atoms with van der Waals surface area (Å²) in [5.41, 5.74) is 0. The summed E-state index contributed by atoms with van der Waals surface area (Å²) in [5, 5.41) is 2.52. The van der Waals surface area contributed by atoms with Crippen LogP contribution in [-0.4, -0.2) is 39.2 Å². The second-order valence-electron chi connectivity index (χ2n) is 3.57. The molecule has 0 aromatic rings. The van der Waals surface area contributed by atoms with Crippen molar-refractivity contribution >= 4 is 20.9 Å². The molecule has 1 unspecified atom stereocenters. The van der Waals surface area contributed by atoms with Gasteiger partial charge in [0.15, 0.2) is 0 Å². The minimum atomic E-state index is -4.44. The fourth-order valence-corrected chi connectivity index (χ4v) is 4.69. The maximum atomic E-state index is 11.3. The molecule has 0 fully saturated rings. The van der Waals surface area contributed by atoms with E-state index in [1.165, 1.54) is 6.92 Å². The van der Waals surface area contributed by atoms with Crippen LogP contribution in [0.25, 0.3) is 0 Å². The lowest BCUT2D eigenvalue weighted by Gasteiger charge is -2.12. The number of carbonyl (C=O) groups excluding carboxylic acids is 1. The van der Waals surface area contributed by atoms with Gasteiger partial charge in [-0.3, -0.25) is 13.9 Å². The molecule has 0 saturated heterocycles. The van der Waals surface area contributed by atoms with Gasteiger partial charge < -0.3 is 20.0 Å². The standard InChI is InChI=1S/C7H17NO6P2/c1-7(9)8-4-2-3-5-15(10,11)6-16(12,13)14/h2-6H2,1H3,(H,8,9)(H,10,11)(H2,12,13,14). The lowest BCUT2D eigenvalue weighted by atomic mass is 10.3. The summed E-state index contributed by atoms with van der Waals surface area (Å²) in [4.78, 5) is 36.8. The summed E-state index contributed by atoms with van der Waals surface area (Å²) >= 11 is 0. The Labute approximate surface area is 93.9 Å². The predicted molar refractivity (Wildman–Crippen MR) is 59.5 cm³/mol. The number of nitrogens with one attached hydrogen (secondary N) is 1. The van der Waals surface area contributed by atoms with Crippen LogP contribution in [0.4, 0.5) is 0 Å². The van der Waals surface area contributed by atoms with Crippen LogP contribution < -0.4 is 5.32 Å². The van der Waals surface area contributed by atoms with E-state index < -0.39 is 20.9 Å². The maximum Gasteiger partial charge on any atom is 0.335 e. The molecule has 0 aliphatic carbocycles. The molecule has 0 rings (SSSR count). The lowest BCUT2D eigenvalue weighted by Crippen LogP contribution is -2.20. The fraction of sp³-hybridized carbons (Fsp3) is 0.857. The first-order chi connectivity index (χ1) is 7.12. The minimum Gasteiger partial charge on any atom is -0.356 e. The zero-order valence-corrected chi connectivity index (χ0v) is 10.8. The third-order valence-electron chi connectivity index (χ3n) is 1.71. The molecule has 0 spiro atoms. The van der Waals surface area contributed by atoms with Crippen LogP contribution in [0.2, 0.25) is 0 Å². The Kier molecular flexibility index (Phi) is 6.44. The normalized spacial score (nSPS) is 15.5. The van der Waals surface area contributed by atoms with Crippen molar-refractivity contribution < 1.29 is 28.6 Å². The molecule has 0 aromatic carbocycles. The highest BCUT2D eigenvalue weighted by molar-refractivity contribution is 7.72. The summed E-state index contributed by atoms with van der Waals surface area (Å²) in [6, 6.07) is 0. The van der Waals surface area contributed by atoms with Crippen LogP contribution in [0, 0.1) is 0 Å². The highest BCUT2D eigenvalue weighted by atomic mass is 31.2. The van der Waals surface area contributed by atoms with Gasteiger partial charge in [-0.25, -0.2) is 0 Å². The molecule has 0 aromatic heterocycles. The molecular formula is C7H17NO6P2. The first kappa shape index (κ1) is 15.8. The van der Waals surface area contributed by atoms with Crippen molar-refractivity contribution in [3.05, 3.63) is 0 Å². The topological polar surface area (TPSA) is 124 Å². The third-order valence-corrected chi connectivity index (χ3v) is 5.97. The average molecular weight is 273 g/mol. The summed E-state index contributed by atoms with van der Waals surface area (Å²) in [7, 11) is -8.20. The highest BCUT2D eigenvalue weighted by Gasteiger charge is 2.28. The fourth-order valence-electron chi connectivity index (χ4n) is 1.11. The number of amides is 1. The lowest BCUT2D eigenvalue weighted by molar-refractivity contribution is -0.118. The Hall–Kier alpha value is -0.190. The number of hydrogen-bond acceptors (Lipinski definition) is 3. The molecule has 0 aliphatic heterocycles. The van der Waals surface area contributed by atoms with Crippen molar-refractivity contribution in [2.75, 3.05) is 18.6 Å². The zero-order chi connectivity index (χ0) is 12.8. The molecule has 1 amide bonds. The Morgan fingerprint density at radius 2 is 1.75 bits per heavy atom. The van der Waals surface area contributed by atoms with E-state index in [0.717, 1.165) is 0 Å². The Balaban J connectivity index is 3.79. The van der Waals surface area contributed by atoms with Gasteiger partial charge in [-0.15, -0.1) is 0 Å². The van der Waals surface area contributed by atoms with Crippen LogP contribution in [0.3, 0.4) is 0 Å². The summed E-state index contributed by atoms with van der Waals surface area (Å²) in [5.74, 6) is -1.15. The van der Waals surface area contributed by atoms with E-state index in [1.54, 1.807) is 0 Å². The molecule has 0 saturated carbocycles. The second kappa shape index (κ2) is 6.52. The highest BCUT2D eigenvalue weighted by Crippen LogP contribution is 2.54. The largest absolute Gasteiger partial charge is 0.356 e. The number of hydrogen-bond donors (Lipinski definition) is 4. The summed E-state index contributed by atoms with van der Waals surface area (Å²) in [6.07, 6.45) is 0.705. The number of rotatable bonds is 7. The van der Waals surface area contributed by atoms with Crippen molar-refractivity contribution in [3.8, 4) is 0 Å². The van der Waals surface area contributed by atoms with Crippen LogP contribution in [0.1, 0.15) is 19.8 Å². The quantitative estimate of drug-likeness (QED) is 0.391. The van der Waals surface area contributed by atoms with Gasteiger partial charge in [-0.05, 0) is 12.8 Å². The van der Waals surface area contributed by atoms with Gasteiger partial charge in [0.25, 0.3) is 0 Å². The van der Waals surface area contributed by atoms with Gasteiger partial charge in [0.1, 0.15) is 5.90 Å². The van der Waals surface area contributed by atoms with Crippen molar-refractivity contribution in [2.45, 2.75) is 19.8 Å². The maximum absolute atomic E-state index is 11.3. The summed E-state index contributed by atoms with van der Waals surface area (Å²) in [6.45, 7) is 1.76. The van der Waals surface area contributed by atoms with Gasteiger partial charge in [0.05, 0.1) is 0 Å². The average Bonchev–Trinajstić information content (AvgIpc) is 1.97. The van der Waals surface area contributed by atoms with Gasteiger partial charge in [0, 0.05) is 19.6 Å². The van der Waals surface area contributed by atoms with Crippen LogP contribution in [0.15, 0.2) is 0 Å². The van der Waals surface area contributed by atoms with Crippen LogP contribution >= 0.6 is 15.0 Å². The van der Waals surface area contributed by atoms with E-state index in [4.69, 9.17) is 9.79 Å². The van der Waals surface area contributed by atoms with Gasteiger partial charge in [-0.2, -0.15) is 0 Å². The number of carbonyl (C=O) groups is 1. The molecule has 9 heteroatoms. The molecule has 1 atom stereocenters. The Morgan fingerprint density at radius 1 is 1.19 bits per heavy atom. The van der Waals surface area contributed by atoms with E-state index >= 15 is 0 Å². The van der Waals surface area contributed by atoms with Crippen molar-refractivity contribution in [1.29, 1.82) is 0 Å². The van der Waals surface area contributed by atoms with Gasteiger partial charge in [-0.1, -0.05) is 0 Å². The molecule has 0 aliphatic rings. The van der Waals surface area contributed by atoms with E-state index in [2.05, 4.69) is 5.32 Å². The predicted octanol–water partition coefficient (Wildman–Crippen LogP) is 0.308. The molecule has 96 valence electrons. The Morgan fingerprint density at radius 3 is 2.19 bits per heavy atom. The van der Waals surface area contributed by atoms with Crippen molar-refractivity contribution in [2.24, 2.45) is 0 Å². The smallest absolute Gasteiger partial charge is 0.335 e. The van der Waals surface area contributed by atoms with Crippen molar-refractivity contribution in [1.82, 2.24) is 5.32 Å². The van der Waals surface area contributed by atoms with Crippen molar-refractivity contribution in [3.63, 3.8) is 0 Å². The minimum absolute atomic E-state index is 0.141. The molecule has 7 nitrogen and oxygen atoms in total.